The zero-order valence-electron chi connectivity index (χ0n) is 15.8. The Morgan fingerprint density at radius 2 is 1.86 bits per heavy atom. The van der Waals surface area contributed by atoms with Crippen molar-refractivity contribution in [3.8, 4) is 0 Å². The summed E-state index contributed by atoms with van der Waals surface area (Å²) < 4.78 is 38.8. The molecule has 0 saturated carbocycles. The monoisotopic (exact) mass is 390 g/mol. The van der Waals surface area contributed by atoms with Crippen LogP contribution in [0, 0.1) is 5.92 Å². The number of amides is 1. The summed E-state index contributed by atoms with van der Waals surface area (Å²) in [6, 6.07) is 15.2. The van der Waals surface area contributed by atoms with E-state index >= 15 is 0 Å². The van der Waals surface area contributed by atoms with E-state index < -0.39 is 11.7 Å². The third-order valence-corrected chi connectivity index (χ3v) is 5.59. The molecule has 0 spiro atoms. The summed E-state index contributed by atoms with van der Waals surface area (Å²) in [5.41, 5.74) is 6.94. The van der Waals surface area contributed by atoms with Crippen molar-refractivity contribution >= 4 is 5.91 Å². The number of likely N-dealkylation sites (tertiary alicyclic amines) is 1. The molecule has 3 rings (SSSR count). The molecular formula is C22H25F3N2O. The summed E-state index contributed by atoms with van der Waals surface area (Å²) in [6.07, 6.45) is -4.20. The first-order valence-electron chi connectivity index (χ1n) is 9.49. The number of carbonyl (C=O) groups excluding carboxylic acids is 1. The number of hydrogen-bond donors (Lipinski definition) is 1. The highest BCUT2D eigenvalue weighted by atomic mass is 19.4. The number of carbonyl (C=O) groups is 1. The number of hydrogen-bond acceptors (Lipinski definition) is 2. The van der Waals surface area contributed by atoms with Gasteiger partial charge in [0.05, 0.1) is 5.56 Å². The lowest BCUT2D eigenvalue weighted by molar-refractivity contribution is -0.137. The third-order valence-electron chi connectivity index (χ3n) is 5.59. The zero-order valence-corrected chi connectivity index (χ0v) is 15.8. The van der Waals surface area contributed by atoms with Crippen LogP contribution in [0.5, 0.6) is 0 Å². The first-order valence-corrected chi connectivity index (χ1v) is 9.49. The molecule has 1 aliphatic heterocycles. The van der Waals surface area contributed by atoms with Gasteiger partial charge in [-0.2, -0.15) is 13.2 Å². The number of rotatable bonds is 5. The number of benzene rings is 2. The largest absolute Gasteiger partial charge is 0.416 e. The van der Waals surface area contributed by atoms with E-state index in [9.17, 15) is 18.0 Å². The van der Waals surface area contributed by atoms with Gasteiger partial charge in [0.25, 0.3) is 0 Å². The van der Waals surface area contributed by atoms with Crippen molar-refractivity contribution < 1.29 is 18.0 Å². The molecule has 2 aromatic rings. The Balaban J connectivity index is 1.68. The second kappa shape index (κ2) is 8.35. The molecule has 1 amide bonds. The van der Waals surface area contributed by atoms with Gasteiger partial charge in [-0.3, -0.25) is 4.79 Å². The third kappa shape index (κ3) is 4.55. The second-order valence-electron chi connectivity index (χ2n) is 7.54. The summed E-state index contributed by atoms with van der Waals surface area (Å²) in [5, 5.41) is 0. The highest BCUT2D eigenvalue weighted by Gasteiger charge is 2.36. The molecule has 2 aromatic carbocycles. The Bertz CT molecular complexity index is 807. The quantitative estimate of drug-likeness (QED) is 0.823. The van der Waals surface area contributed by atoms with E-state index in [1.165, 1.54) is 11.6 Å². The maximum atomic E-state index is 12.9. The Morgan fingerprint density at radius 3 is 2.50 bits per heavy atom. The van der Waals surface area contributed by atoms with Crippen LogP contribution in [0.15, 0.2) is 54.6 Å². The molecule has 1 saturated heterocycles. The predicted octanol–water partition coefficient (Wildman–Crippen LogP) is 4.40. The normalized spacial score (nSPS) is 21.0. The van der Waals surface area contributed by atoms with Gasteiger partial charge in [-0.1, -0.05) is 55.5 Å². The average Bonchev–Trinajstić information content (AvgIpc) is 3.13. The van der Waals surface area contributed by atoms with Gasteiger partial charge in [0.15, 0.2) is 0 Å². The van der Waals surface area contributed by atoms with E-state index in [0.717, 1.165) is 12.1 Å². The smallest absolute Gasteiger partial charge is 0.342 e. The Morgan fingerprint density at radius 1 is 1.14 bits per heavy atom. The van der Waals surface area contributed by atoms with E-state index in [-0.39, 0.29) is 30.1 Å². The molecule has 1 unspecified atom stereocenters. The van der Waals surface area contributed by atoms with Crippen molar-refractivity contribution in [2.75, 3.05) is 19.6 Å². The molecular weight excluding hydrogens is 365 g/mol. The number of nitrogens with zero attached hydrogens (tertiary/aromatic N) is 1. The molecule has 3 nitrogen and oxygen atoms in total. The van der Waals surface area contributed by atoms with Gasteiger partial charge in [0.2, 0.25) is 5.91 Å². The Hall–Kier alpha value is -2.34. The minimum Gasteiger partial charge on any atom is -0.342 e. The van der Waals surface area contributed by atoms with Crippen LogP contribution in [0.25, 0.3) is 0 Å². The van der Waals surface area contributed by atoms with Crippen molar-refractivity contribution in [1.29, 1.82) is 0 Å². The molecule has 0 aromatic heterocycles. The maximum absolute atomic E-state index is 12.9. The van der Waals surface area contributed by atoms with E-state index in [4.69, 9.17) is 5.73 Å². The SMILES string of the molecule is CC(CC(=O)N1C[C@@H](CN)[C@H](c2ccccc2)C1)c1cccc(C(F)(F)F)c1. The van der Waals surface area contributed by atoms with Gasteiger partial charge < -0.3 is 10.6 Å². The van der Waals surface area contributed by atoms with E-state index in [0.29, 0.717) is 25.2 Å². The fourth-order valence-corrected chi connectivity index (χ4v) is 3.92. The first kappa shape index (κ1) is 20.4. The van der Waals surface area contributed by atoms with Crippen LogP contribution < -0.4 is 5.73 Å². The van der Waals surface area contributed by atoms with E-state index in [1.807, 2.05) is 30.3 Å². The van der Waals surface area contributed by atoms with Crippen LogP contribution in [-0.4, -0.2) is 30.4 Å². The fraction of sp³-hybridized carbons (Fsp3) is 0.409. The van der Waals surface area contributed by atoms with Crippen LogP contribution in [0.4, 0.5) is 13.2 Å². The van der Waals surface area contributed by atoms with Crippen LogP contribution in [0.2, 0.25) is 0 Å². The lowest BCUT2D eigenvalue weighted by atomic mass is 9.89. The van der Waals surface area contributed by atoms with E-state index in [2.05, 4.69) is 0 Å². The predicted molar refractivity (Wildman–Crippen MR) is 103 cm³/mol. The van der Waals surface area contributed by atoms with Crippen LogP contribution in [-0.2, 0) is 11.0 Å². The summed E-state index contributed by atoms with van der Waals surface area (Å²) in [7, 11) is 0. The zero-order chi connectivity index (χ0) is 20.3. The highest BCUT2D eigenvalue weighted by Crippen LogP contribution is 2.34. The Kier molecular flexibility index (Phi) is 6.08. The molecule has 0 bridgehead atoms. The molecule has 150 valence electrons. The van der Waals surface area contributed by atoms with Crippen molar-refractivity contribution in [2.24, 2.45) is 11.7 Å². The minimum atomic E-state index is -4.38. The van der Waals surface area contributed by atoms with Gasteiger partial charge in [-0.25, -0.2) is 0 Å². The molecule has 1 aliphatic rings. The van der Waals surface area contributed by atoms with Crippen molar-refractivity contribution in [2.45, 2.75) is 31.4 Å². The van der Waals surface area contributed by atoms with Gasteiger partial charge in [0.1, 0.15) is 0 Å². The summed E-state index contributed by atoms with van der Waals surface area (Å²) >= 11 is 0. The Labute approximate surface area is 163 Å². The lowest BCUT2D eigenvalue weighted by Gasteiger charge is -2.20. The molecule has 6 heteroatoms. The molecule has 1 heterocycles. The van der Waals surface area contributed by atoms with Gasteiger partial charge in [-0.05, 0) is 35.6 Å². The summed E-state index contributed by atoms with van der Waals surface area (Å²) in [6.45, 7) is 3.47. The molecule has 0 radical (unpaired) electrons. The first-order chi connectivity index (χ1) is 13.3. The van der Waals surface area contributed by atoms with Crippen molar-refractivity contribution in [3.05, 3.63) is 71.3 Å². The molecule has 1 fully saturated rings. The van der Waals surface area contributed by atoms with Crippen LogP contribution in [0.3, 0.4) is 0 Å². The lowest BCUT2D eigenvalue weighted by Crippen LogP contribution is -2.30. The maximum Gasteiger partial charge on any atom is 0.416 e. The van der Waals surface area contributed by atoms with Crippen molar-refractivity contribution in [3.63, 3.8) is 0 Å². The van der Waals surface area contributed by atoms with E-state index in [1.54, 1.807) is 17.9 Å². The summed E-state index contributed by atoms with van der Waals surface area (Å²) in [4.78, 5) is 14.6. The number of nitrogens with two attached hydrogens (primary N) is 1. The minimum absolute atomic E-state index is 0.0400. The summed E-state index contributed by atoms with van der Waals surface area (Å²) in [5.74, 6) is 0.0536. The van der Waals surface area contributed by atoms with Crippen LogP contribution >= 0.6 is 0 Å². The van der Waals surface area contributed by atoms with Crippen LogP contribution in [0.1, 0.15) is 41.9 Å². The molecule has 3 atom stereocenters. The van der Waals surface area contributed by atoms with Gasteiger partial charge in [0, 0.05) is 25.4 Å². The van der Waals surface area contributed by atoms with Gasteiger partial charge in [-0.15, -0.1) is 0 Å². The average molecular weight is 390 g/mol. The number of halogens is 3. The fourth-order valence-electron chi connectivity index (χ4n) is 3.92. The highest BCUT2D eigenvalue weighted by molar-refractivity contribution is 5.77. The molecule has 28 heavy (non-hydrogen) atoms. The van der Waals surface area contributed by atoms with Gasteiger partial charge >= 0.3 is 6.18 Å². The second-order valence-corrected chi connectivity index (χ2v) is 7.54. The number of alkyl halides is 3. The van der Waals surface area contributed by atoms with Crippen molar-refractivity contribution in [1.82, 2.24) is 4.90 Å². The standard InChI is InChI=1S/C22H25F3N2O/c1-15(17-8-5-9-19(11-17)22(23,24)25)10-21(28)27-13-18(12-26)20(14-27)16-6-3-2-4-7-16/h2-9,11,15,18,20H,10,12-14,26H2,1H3/t15?,18-,20+/m1/s1. The topological polar surface area (TPSA) is 46.3 Å². The molecule has 2 N–H and O–H groups in total. The molecule has 0 aliphatic carbocycles.